The number of hydrogen-bond acceptors (Lipinski definition) is 4. The SMILES string of the molecule is CCOc1ccc(C(Cc2ccc3ccccc3c2)P(=O)(OC)OC)cc1. The van der Waals surface area contributed by atoms with Gasteiger partial charge in [0.1, 0.15) is 5.75 Å². The largest absolute Gasteiger partial charge is 0.494 e. The lowest BCUT2D eigenvalue weighted by atomic mass is 10.0. The number of fused-ring (bicyclic) bond motifs is 1. The highest BCUT2D eigenvalue weighted by Gasteiger charge is 2.35. The van der Waals surface area contributed by atoms with Gasteiger partial charge in [0.25, 0.3) is 0 Å². The molecule has 0 radical (unpaired) electrons. The Labute approximate surface area is 160 Å². The Morgan fingerprint density at radius 3 is 2.19 bits per heavy atom. The van der Waals surface area contributed by atoms with Gasteiger partial charge in [0.15, 0.2) is 0 Å². The summed E-state index contributed by atoms with van der Waals surface area (Å²) in [5, 5.41) is 2.34. The van der Waals surface area contributed by atoms with Crippen LogP contribution in [0.3, 0.4) is 0 Å². The van der Waals surface area contributed by atoms with Gasteiger partial charge in [0, 0.05) is 14.2 Å². The number of rotatable bonds is 8. The highest BCUT2D eigenvalue weighted by atomic mass is 31.2. The van der Waals surface area contributed by atoms with Gasteiger partial charge in [-0.1, -0.05) is 54.6 Å². The van der Waals surface area contributed by atoms with Crippen LogP contribution in [0.25, 0.3) is 10.8 Å². The van der Waals surface area contributed by atoms with E-state index >= 15 is 0 Å². The van der Waals surface area contributed by atoms with Crippen LogP contribution in [0, 0.1) is 0 Å². The van der Waals surface area contributed by atoms with Crippen LogP contribution in [0.5, 0.6) is 5.75 Å². The molecule has 3 aromatic rings. The zero-order valence-corrected chi connectivity index (χ0v) is 16.8. The molecular weight excluding hydrogens is 359 g/mol. The number of benzene rings is 3. The molecule has 4 nitrogen and oxygen atoms in total. The predicted octanol–water partition coefficient (Wildman–Crippen LogP) is 6.01. The minimum atomic E-state index is -3.31. The first-order valence-electron chi connectivity index (χ1n) is 9.01. The van der Waals surface area contributed by atoms with E-state index in [0.717, 1.165) is 22.3 Å². The normalized spacial score (nSPS) is 12.9. The lowest BCUT2D eigenvalue weighted by molar-refractivity contribution is 0.265. The van der Waals surface area contributed by atoms with Crippen molar-refractivity contribution < 1.29 is 18.3 Å². The van der Waals surface area contributed by atoms with Gasteiger partial charge in [-0.3, -0.25) is 4.57 Å². The second-order valence-corrected chi connectivity index (χ2v) is 8.74. The molecule has 3 aromatic carbocycles. The smallest absolute Gasteiger partial charge is 0.337 e. The zero-order valence-electron chi connectivity index (χ0n) is 15.9. The molecule has 0 bridgehead atoms. The van der Waals surface area contributed by atoms with Crippen molar-refractivity contribution in [2.24, 2.45) is 0 Å². The monoisotopic (exact) mass is 384 g/mol. The van der Waals surface area contributed by atoms with E-state index in [0.29, 0.717) is 13.0 Å². The lowest BCUT2D eigenvalue weighted by Crippen LogP contribution is -2.07. The lowest BCUT2D eigenvalue weighted by Gasteiger charge is -2.25. The van der Waals surface area contributed by atoms with Crippen LogP contribution in [-0.4, -0.2) is 20.8 Å². The van der Waals surface area contributed by atoms with Crippen LogP contribution in [0.1, 0.15) is 23.7 Å². The van der Waals surface area contributed by atoms with Gasteiger partial charge in [-0.25, -0.2) is 0 Å². The maximum Gasteiger partial charge on any atom is 0.337 e. The first-order valence-corrected chi connectivity index (χ1v) is 10.6. The molecule has 0 spiro atoms. The summed E-state index contributed by atoms with van der Waals surface area (Å²) in [7, 11) is -0.437. The highest BCUT2D eigenvalue weighted by Crippen LogP contribution is 2.61. The van der Waals surface area contributed by atoms with E-state index in [2.05, 4.69) is 30.3 Å². The third kappa shape index (κ3) is 4.41. The van der Waals surface area contributed by atoms with Crippen LogP contribution in [0.4, 0.5) is 0 Å². The van der Waals surface area contributed by atoms with Crippen molar-refractivity contribution in [1.82, 2.24) is 0 Å². The van der Waals surface area contributed by atoms with Crippen LogP contribution in [0.15, 0.2) is 66.7 Å². The summed E-state index contributed by atoms with van der Waals surface area (Å²) in [6, 6.07) is 22.1. The fraction of sp³-hybridized carbons (Fsp3) is 0.273. The van der Waals surface area contributed by atoms with Gasteiger partial charge in [0.05, 0.1) is 12.3 Å². The van der Waals surface area contributed by atoms with Crippen molar-refractivity contribution >= 4 is 18.4 Å². The van der Waals surface area contributed by atoms with E-state index in [1.165, 1.54) is 19.6 Å². The van der Waals surface area contributed by atoms with Gasteiger partial charge in [-0.2, -0.15) is 0 Å². The molecule has 0 amide bonds. The van der Waals surface area contributed by atoms with Crippen molar-refractivity contribution in [3.05, 3.63) is 77.9 Å². The maximum atomic E-state index is 13.3. The second kappa shape index (κ2) is 8.71. The van der Waals surface area contributed by atoms with E-state index in [1.54, 1.807) is 0 Å². The molecule has 0 aliphatic heterocycles. The number of hydrogen-bond donors (Lipinski definition) is 0. The highest BCUT2D eigenvalue weighted by molar-refractivity contribution is 7.54. The minimum absolute atomic E-state index is 0.399. The first-order chi connectivity index (χ1) is 13.1. The maximum absolute atomic E-state index is 13.3. The predicted molar refractivity (Wildman–Crippen MR) is 110 cm³/mol. The molecule has 0 aromatic heterocycles. The molecule has 0 saturated carbocycles. The summed E-state index contributed by atoms with van der Waals surface area (Å²) in [5.41, 5.74) is 1.59. The van der Waals surface area contributed by atoms with Gasteiger partial charge < -0.3 is 13.8 Å². The van der Waals surface area contributed by atoms with Crippen LogP contribution in [0.2, 0.25) is 0 Å². The van der Waals surface area contributed by atoms with E-state index in [9.17, 15) is 4.57 Å². The number of ether oxygens (including phenoxy) is 1. The molecule has 0 heterocycles. The van der Waals surface area contributed by atoms with E-state index in [4.69, 9.17) is 13.8 Å². The minimum Gasteiger partial charge on any atom is -0.494 e. The van der Waals surface area contributed by atoms with Crippen LogP contribution in [-0.2, 0) is 20.0 Å². The van der Waals surface area contributed by atoms with Gasteiger partial charge in [-0.05, 0) is 47.4 Å². The Morgan fingerprint density at radius 1 is 0.889 bits per heavy atom. The summed E-state index contributed by atoms with van der Waals surface area (Å²) in [6.45, 7) is 2.55. The molecule has 1 atom stereocenters. The third-order valence-electron chi connectivity index (χ3n) is 4.71. The molecule has 3 rings (SSSR count). The average Bonchev–Trinajstić information content (AvgIpc) is 2.72. The zero-order chi connectivity index (χ0) is 19.3. The van der Waals surface area contributed by atoms with Crippen LogP contribution >= 0.6 is 7.60 Å². The summed E-state index contributed by atoms with van der Waals surface area (Å²) in [6.07, 6.45) is 0.553. The molecule has 1 unspecified atom stereocenters. The molecule has 5 heteroatoms. The molecule has 142 valence electrons. The summed E-state index contributed by atoms with van der Waals surface area (Å²) in [5.74, 6) is 0.787. The second-order valence-electron chi connectivity index (χ2n) is 6.31. The van der Waals surface area contributed by atoms with Gasteiger partial charge in [-0.15, -0.1) is 0 Å². The fourth-order valence-corrected chi connectivity index (χ4v) is 4.91. The molecule has 27 heavy (non-hydrogen) atoms. The third-order valence-corrected chi connectivity index (χ3v) is 6.97. The molecular formula is C22H25O4P. The Morgan fingerprint density at radius 2 is 1.56 bits per heavy atom. The summed E-state index contributed by atoms with van der Waals surface area (Å²) < 4.78 is 29.5. The van der Waals surface area contributed by atoms with Crippen molar-refractivity contribution in [3.63, 3.8) is 0 Å². The van der Waals surface area contributed by atoms with E-state index in [1.807, 2.05) is 43.3 Å². The molecule has 0 aliphatic carbocycles. The molecule has 0 N–H and O–H groups in total. The Hall–Kier alpha value is -2.13. The molecule has 0 saturated heterocycles. The standard InChI is InChI=1S/C22H25O4P/c1-4-26-21-13-11-19(12-14-21)22(27(23,24-2)25-3)16-17-9-10-18-7-5-6-8-20(18)15-17/h5-15,22H,4,16H2,1-3H3. The Balaban J connectivity index is 1.97. The van der Waals surface area contributed by atoms with Crippen molar-refractivity contribution in [2.75, 3.05) is 20.8 Å². The van der Waals surface area contributed by atoms with Crippen molar-refractivity contribution in [3.8, 4) is 5.75 Å². The van der Waals surface area contributed by atoms with E-state index < -0.39 is 13.3 Å². The summed E-state index contributed by atoms with van der Waals surface area (Å²) >= 11 is 0. The van der Waals surface area contributed by atoms with Gasteiger partial charge in [0.2, 0.25) is 0 Å². The average molecular weight is 384 g/mol. The topological polar surface area (TPSA) is 44.8 Å². The first kappa shape index (κ1) is 19.6. The molecule has 0 fully saturated rings. The quantitative estimate of drug-likeness (QED) is 0.446. The Bertz CT molecular complexity index is 928. The van der Waals surface area contributed by atoms with Gasteiger partial charge >= 0.3 is 7.60 Å². The summed E-state index contributed by atoms with van der Waals surface area (Å²) in [4.78, 5) is 0. The Kier molecular flexibility index (Phi) is 6.33. The molecule has 0 aliphatic rings. The van der Waals surface area contributed by atoms with Crippen LogP contribution < -0.4 is 4.74 Å². The van der Waals surface area contributed by atoms with Crippen molar-refractivity contribution in [1.29, 1.82) is 0 Å². The van der Waals surface area contributed by atoms with Crippen molar-refractivity contribution in [2.45, 2.75) is 19.0 Å². The fourth-order valence-electron chi connectivity index (χ4n) is 3.28. The van der Waals surface area contributed by atoms with E-state index in [-0.39, 0.29) is 0 Å².